The number of carboxylic acid groups (broad SMARTS) is 1. The highest BCUT2D eigenvalue weighted by atomic mass is 19.1. The predicted octanol–water partition coefficient (Wildman–Crippen LogP) is 1.48. The SMILES string of the molecule is O=C(O)c1ccc(F)c(CN2CCC(O)CC2)c1. The van der Waals surface area contributed by atoms with Gasteiger partial charge in [0.25, 0.3) is 0 Å². The van der Waals surface area contributed by atoms with Crippen molar-refractivity contribution < 1.29 is 19.4 Å². The van der Waals surface area contributed by atoms with Gasteiger partial charge < -0.3 is 10.2 Å². The van der Waals surface area contributed by atoms with Crippen LogP contribution >= 0.6 is 0 Å². The fraction of sp³-hybridized carbons (Fsp3) is 0.462. The Morgan fingerprint density at radius 3 is 2.67 bits per heavy atom. The molecule has 1 saturated heterocycles. The summed E-state index contributed by atoms with van der Waals surface area (Å²) in [6.45, 7) is 1.80. The molecule has 0 saturated carbocycles. The molecule has 1 aliphatic heterocycles. The molecule has 18 heavy (non-hydrogen) atoms. The van der Waals surface area contributed by atoms with Gasteiger partial charge in [-0.2, -0.15) is 0 Å². The molecule has 0 amide bonds. The molecule has 0 aromatic heterocycles. The lowest BCUT2D eigenvalue weighted by Gasteiger charge is -2.29. The molecule has 0 radical (unpaired) electrons. The standard InChI is InChI=1S/C13H16FNO3/c14-12-2-1-9(13(17)18)7-10(12)8-15-5-3-11(16)4-6-15/h1-2,7,11,16H,3-6,8H2,(H,17,18). The van der Waals surface area contributed by atoms with Crippen molar-refractivity contribution in [1.29, 1.82) is 0 Å². The van der Waals surface area contributed by atoms with E-state index >= 15 is 0 Å². The molecule has 5 heteroatoms. The van der Waals surface area contributed by atoms with Crippen molar-refractivity contribution in [2.45, 2.75) is 25.5 Å². The van der Waals surface area contributed by atoms with Crippen molar-refractivity contribution in [2.75, 3.05) is 13.1 Å². The Kier molecular flexibility index (Phi) is 3.93. The molecule has 0 bridgehead atoms. The number of halogens is 1. The number of nitrogens with zero attached hydrogens (tertiary/aromatic N) is 1. The Morgan fingerprint density at radius 1 is 1.39 bits per heavy atom. The molecule has 2 N–H and O–H groups in total. The number of aliphatic hydroxyl groups excluding tert-OH is 1. The third-order valence-electron chi connectivity index (χ3n) is 3.24. The van der Waals surface area contributed by atoms with E-state index in [1.54, 1.807) is 0 Å². The average Bonchev–Trinajstić information content (AvgIpc) is 2.34. The molecule has 0 atom stereocenters. The molecule has 0 unspecified atom stereocenters. The summed E-state index contributed by atoms with van der Waals surface area (Å²) in [6, 6.07) is 3.83. The second kappa shape index (κ2) is 5.46. The molecule has 0 spiro atoms. The fourth-order valence-corrected chi connectivity index (χ4v) is 2.15. The minimum absolute atomic E-state index is 0.100. The number of carboxylic acids is 1. The molecule has 1 fully saturated rings. The summed E-state index contributed by atoms with van der Waals surface area (Å²) < 4.78 is 13.6. The van der Waals surface area contributed by atoms with E-state index in [0.29, 0.717) is 38.0 Å². The van der Waals surface area contributed by atoms with Crippen molar-refractivity contribution in [3.8, 4) is 0 Å². The van der Waals surface area contributed by atoms with Gasteiger partial charge in [-0.1, -0.05) is 0 Å². The zero-order valence-electron chi connectivity index (χ0n) is 9.97. The Balaban J connectivity index is 2.08. The number of aromatic carboxylic acids is 1. The van der Waals surface area contributed by atoms with Crippen molar-refractivity contribution in [1.82, 2.24) is 4.90 Å². The second-order valence-corrected chi connectivity index (χ2v) is 4.62. The molecule has 1 aromatic carbocycles. The van der Waals surface area contributed by atoms with Crippen LogP contribution in [0.1, 0.15) is 28.8 Å². The Bertz CT molecular complexity index is 442. The maximum atomic E-state index is 13.6. The van der Waals surface area contributed by atoms with Gasteiger partial charge in [-0.05, 0) is 31.0 Å². The van der Waals surface area contributed by atoms with Gasteiger partial charge in [0.2, 0.25) is 0 Å². The van der Waals surface area contributed by atoms with Gasteiger partial charge in [-0.3, -0.25) is 4.90 Å². The molecule has 2 rings (SSSR count). The van der Waals surface area contributed by atoms with E-state index in [1.165, 1.54) is 18.2 Å². The predicted molar refractivity (Wildman–Crippen MR) is 63.9 cm³/mol. The number of hydrogen-bond donors (Lipinski definition) is 2. The number of benzene rings is 1. The van der Waals surface area contributed by atoms with Crippen molar-refractivity contribution in [3.63, 3.8) is 0 Å². The average molecular weight is 253 g/mol. The van der Waals surface area contributed by atoms with Gasteiger partial charge in [0.1, 0.15) is 5.82 Å². The molecule has 4 nitrogen and oxygen atoms in total. The lowest BCUT2D eigenvalue weighted by molar-refractivity contribution is 0.0696. The van der Waals surface area contributed by atoms with Crippen LogP contribution in [0.3, 0.4) is 0 Å². The second-order valence-electron chi connectivity index (χ2n) is 4.62. The third-order valence-corrected chi connectivity index (χ3v) is 3.24. The summed E-state index contributed by atoms with van der Waals surface area (Å²) in [6.07, 6.45) is 1.09. The van der Waals surface area contributed by atoms with Gasteiger partial charge in [0, 0.05) is 25.2 Å². The summed E-state index contributed by atoms with van der Waals surface area (Å²) in [5.74, 6) is -1.43. The molecule has 0 aliphatic carbocycles. The maximum absolute atomic E-state index is 13.6. The van der Waals surface area contributed by atoms with Crippen LogP contribution in [0.25, 0.3) is 0 Å². The zero-order valence-corrected chi connectivity index (χ0v) is 9.97. The van der Waals surface area contributed by atoms with Gasteiger partial charge >= 0.3 is 5.97 Å². The number of aliphatic hydroxyl groups is 1. The van der Waals surface area contributed by atoms with E-state index in [0.717, 1.165) is 0 Å². The smallest absolute Gasteiger partial charge is 0.335 e. The summed E-state index contributed by atoms with van der Waals surface area (Å²) in [5, 5.41) is 18.3. The molecular formula is C13H16FNO3. The van der Waals surface area contributed by atoms with Gasteiger partial charge in [0.05, 0.1) is 11.7 Å². The maximum Gasteiger partial charge on any atom is 0.335 e. The minimum atomic E-state index is -1.05. The van der Waals surface area contributed by atoms with Crippen LogP contribution in [0.2, 0.25) is 0 Å². The Labute approximate surface area is 105 Å². The van der Waals surface area contributed by atoms with E-state index in [9.17, 15) is 14.3 Å². The molecule has 98 valence electrons. The van der Waals surface area contributed by atoms with Crippen LogP contribution in [-0.2, 0) is 6.54 Å². The van der Waals surface area contributed by atoms with Crippen molar-refractivity contribution in [3.05, 3.63) is 35.1 Å². The highest BCUT2D eigenvalue weighted by Gasteiger charge is 2.18. The molecule has 1 heterocycles. The zero-order chi connectivity index (χ0) is 13.1. The molecular weight excluding hydrogens is 237 g/mol. The van der Waals surface area contributed by atoms with Crippen LogP contribution in [0.4, 0.5) is 4.39 Å². The lowest BCUT2D eigenvalue weighted by Crippen LogP contribution is -2.35. The largest absolute Gasteiger partial charge is 0.478 e. The topological polar surface area (TPSA) is 60.8 Å². The summed E-state index contributed by atoms with van der Waals surface area (Å²) in [4.78, 5) is 12.9. The molecule has 1 aromatic rings. The molecule has 1 aliphatic rings. The lowest BCUT2D eigenvalue weighted by atomic mass is 10.1. The summed E-state index contributed by atoms with van der Waals surface area (Å²) in [5.41, 5.74) is 0.495. The van der Waals surface area contributed by atoms with E-state index < -0.39 is 5.97 Å². The number of hydrogen-bond acceptors (Lipinski definition) is 3. The van der Waals surface area contributed by atoms with Crippen LogP contribution in [0.5, 0.6) is 0 Å². The van der Waals surface area contributed by atoms with Crippen LogP contribution in [0.15, 0.2) is 18.2 Å². The van der Waals surface area contributed by atoms with E-state index in [2.05, 4.69) is 0 Å². The third kappa shape index (κ3) is 3.05. The van der Waals surface area contributed by atoms with Crippen LogP contribution < -0.4 is 0 Å². The number of likely N-dealkylation sites (tertiary alicyclic amines) is 1. The Hall–Kier alpha value is -1.46. The van der Waals surface area contributed by atoms with E-state index in [1.807, 2.05) is 4.90 Å². The van der Waals surface area contributed by atoms with Crippen molar-refractivity contribution >= 4 is 5.97 Å². The fourth-order valence-electron chi connectivity index (χ4n) is 2.15. The monoisotopic (exact) mass is 253 g/mol. The highest BCUT2D eigenvalue weighted by Crippen LogP contribution is 2.17. The first-order valence-corrected chi connectivity index (χ1v) is 5.98. The number of rotatable bonds is 3. The van der Waals surface area contributed by atoms with Gasteiger partial charge in [-0.15, -0.1) is 0 Å². The normalized spacial score (nSPS) is 17.9. The van der Waals surface area contributed by atoms with Crippen molar-refractivity contribution in [2.24, 2.45) is 0 Å². The summed E-state index contributed by atoms with van der Waals surface area (Å²) in [7, 11) is 0. The highest BCUT2D eigenvalue weighted by molar-refractivity contribution is 5.87. The first kappa shape index (κ1) is 13.0. The van der Waals surface area contributed by atoms with E-state index in [4.69, 9.17) is 5.11 Å². The Morgan fingerprint density at radius 2 is 2.06 bits per heavy atom. The number of piperidine rings is 1. The minimum Gasteiger partial charge on any atom is -0.478 e. The summed E-state index contributed by atoms with van der Waals surface area (Å²) >= 11 is 0. The van der Waals surface area contributed by atoms with Gasteiger partial charge in [0.15, 0.2) is 0 Å². The van der Waals surface area contributed by atoms with E-state index in [-0.39, 0.29) is 17.5 Å². The van der Waals surface area contributed by atoms with Gasteiger partial charge in [-0.25, -0.2) is 9.18 Å². The first-order chi connectivity index (χ1) is 8.56. The quantitative estimate of drug-likeness (QED) is 0.856. The van der Waals surface area contributed by atoms with Crippen LogP contribution in [0, 0.1) is 5.82 Å². The number of carbonyl (C=O) groups is 1. The van der Waals surface area contributed by atoms with Crippen LogP contribution in [-0.4, -0.2) is 40.3 Å². The first-order valence-electron chi connectivity index (χ1n) is 5.98.